The van der Waals surface area contributed by atoms with Crippen molar-refractivity contribution in [1.29, 1.82) is 0 Å². The number of hydrogen-bond donors (Lipinski definition) is 0. The van der Waals surface area contributed by atoms with E-state index < -0.39 is 0 Å². The molecule has 1 saturated heterocycles. The molecule has 6 nitrogen and oxygen atoms in total. The highest BCUT2D eigenvalue weighted by Crippen LogP contribution is 2.33. The molecule has 0 radical (unpaired) electrons. The highest BCUT2D eigenvalue weighted by molar-refractivity contribution is 5.84. The van der Waals surface area contributed by atoms with E-state index in [9.17, 15) is 4.79 Å². The largest absolute Gasteiger partial charge is 0.497 e. The number of likely N-dealkylation sites (tertiary alicyclic amines) is 1. The van der Waals surface area contributed by atoms with Crippen LogP contribution in [0.25, 0.3) is 10.8 Å². The van der Waals surface area contributed by atoms with Gasteiger partial charge in [-0.15, -0.1) is 0 Å². The van der Waals surface area contributed by atoms with Crippen LogP contribution in [0.3, 0.4) is 0 Å². The van der Waals surface area contributed by atoms with Gasteiger partial charge >= 0.3 is 0 Å². The third-order valence-corrected chi connectivity index (χ3v) is 7.96. The quantitative estimate of drug-likeness (QED) is 0.445. The van der Waals surface area contributed by atoms with Gasteiger partial charge in [0.2, 0.25) is 5.91 Å². The van der Waals surface area contributed by atoms with Gasteiger partial charge in [0.05, 0.1) is 27.8 Å². The van der Waals surface area contributed by atoms with Crippen molar-refractivity contribution in [3.63, 3.8) is 0 Å². The zero-order valence-corrected chi connectivity index (χ0v) is 22.3. The molecule has 0 spiro atoms. The Morgan fingerprint density at radius 1 is 0.865 bits per heavy atom. The Morgan fingerprint density at radius 2 is 1.62 bits per heavy atom. The average molecular weight is 503 g/mol. The number of rotatable bonds is 8. The molecular weight excluding hydrogens is 464 g/mol. The highest BCUT2D eigenvalue weighted by atomic mass is 16.5. The SMILES string of the molecule is COc1ccc2cc(CCN3CCCC(CN4CCc5cc(OC)c(OC)cc5CC4=O)C3)ccc2c1. The maximum absolute atomic E-state index is 13.2. The third kappa shape index (κ3) is 5.85. The van der Waals surface area contributed by atoms with Crippen LogP contribution in [0, 0.1) is 5.92 Å². The summed E-state index contributed by atoms with van der Waals surface area (Å²) in [5.41, 5.74) is 3.61. The van der Waals surface area contributed by atoms with Gasteiger partial charge < -0.3 is 24.0 Å². The number of hydrogen-bond acceptors (Lipinski definition) is 5. The summed E-state index contributed by atoms with van der Waals surface area (Å²) < 4.78 is 16.3. The minimum atomic E-state index is 0.218. The van der Waals surface area contributed by atoms with E-state index >= 15 is 0 Å². The molecule has 2 aliphatic rings. The van der Waals surface area contributed by atoms with Gasteiger partial charge in [0.1, 0.15) is 5.75 Å². The van der Waals surface area contributed by atoms with Crippen molar-refractivity contribution < 1.29 is 19.0 Å². The summed E-state index contributed by atoms with van der Waals surface area (Å²) in [5.74, 6) is 3.06. The summed E-state index contributed by atoms with van der Waals surface area (Å²) >= 11 is 0. The van der Waals surface area contributed by atoms with E-state index in [0.717, 1.165) is 62.6 Å². The van der Waals surface area contributed by atoms with Gasteiger partial charge in [-0.25, -0.2) is 0 Å². The van der Waals surface area contributed by atoms with Crippen LogP contribution in [0.2, 0.25) is 0 Å². The average Bonchev–Trinajstić information content (AvgIpc) is 3.08. The lowest BCUT2D eigenvalue weighted by molar-refractivity contribution is -0.131. The smallest absolute Gasteiger partial charge is 0.227 e. The van der Waals surface area contributed by atoms with Crippen LogP contribution in [0.4, 0.5) is 0 Å². The summed E-state index contributed by atoms with van der Waals surface area (Å²) in [6.45, 7) is 4.86. The van der Waals surface area contributed by atoms with E-state index in [1.54, 1.807) is 21.3 Å². The van der Waals surface area contributed by atoms with Crippen molar-refractivity contribution in [2.75, 3.05) is 54.1 Å². The molecule has 1 unspecified atom stereocenters. The standard InChI is InChI=1S/C31H38N2O4/c1-35-28-9-8-24-15-22(6-7-25(24)16-28)10-13-32-12-4-5-23(20-32)21-33-14-11-26-17-29(36-2)30(37-3)18-27(26)19-31(33)34/h6-9,15-18,23H,4-5,10-14,19-21H2,1-3H3. The minimum Gasteiger partial charge on any atom is -0.497 e. The number of ether oxygens (including phenoxy) is 3. The van der Waals surface area contributed by atoms with Gasteiger partial charge in [-0.2, -0.15) is 0 Å². The summed E-state index contributed by atoms with van der Waals surface area (Å²) in [5, 5.41) is 2.47. The van der Waals surface area contributed by atoms with Crippen LogP contribution < -0.4 is 14.2 Å². The fraction of sp³-hybridized carbons (Fsp3) is 0.452. The number of carbonyl (C=O) groups is 1. The Kier molecular flexibility index (Phi) is 7.85. The topological polar surface area (TPSA) is 51.2 Å². The molecule has 37 heavy (non-hydrogen) atoms. The van der Waals surface area contributed by atoms with Crippen molar-refractivity contribution in [1.82, 2.24) is 9.80 Å². The maximum atomic E-state index is 13.2. The van der Waals surface area contributed by atoms with Gasteiger partial charge in [-0.05, 0) is 89.9 Å². The summed E-state index contributed by atoms with van der Waals surface area (Å²) in [6.07, 6.45) is 4.70. The lowest BCUT2D eigenvalue weighted by Crippen LogP contribution is -2.44. The molecule has 1 atom stereocenters. The molecule has 0 bridgehead atoms. The van der Waals surface area contributed by atoms with Crippen molar-refractivity contribution in [3.05, 3.63) is 65.2 Å². The van der Waals surface area contributed by atoms with Crippen molar-refractivity contribution in [2.24, 2.45) is 5.92 Å². The van der Waals surface area contributed by atoms with Gasteiger partial charge in [0, 0.05) is 26.2 Å². The minimum absolute atomic E-state index is 0.218. The number of benzene rings is 3. The molecule has 0 N–H and O–H groups in total. The van der Waals surface area contributed by atoms with Crippen LogP contribution in [-0.4, -0.2) is 69.8 Å². The van der Waals surface area contributed by atoms with Gasteiger partial charge in [-0.1, -0.05) is 24.3 Å². The zero-order chi connectivity index (χ0) is 25.8. The first-order chi connectivity index (χ1) is 18.1. The second-order valence-corrected chi connectivity index (χ2v) is 10.3. The number of piperidine rings is 1. The van der Waals surface area contributed by atoms with Crippen LogP contribution in [-0.2, 0) is 24.1 Å². The number of methoxy groups -OCH3 is 3. The van der Waals surface area contributed by atoms with Gasteiger partial charge in [0.15, 0.2) is 11.5 Å². The molecule has 0 aromatic heterocycles. The van der Waals surface area contributed by atoms with Crippen LogP contribution in [0.5, 0.6) is 17.2 Å². The Bertz CT molecular complexity index is 1260. The molecule has 3 aromatic carbocycles. The van der Waals surface area contributed by atoms with Crippen LogP contribution >= 0.6 is 0 Å². The van der Waals surface area contributed by atoms with E-state index in [4.69, 9.17) is 14.2 Å². The number of fused-ring (bicyclic) bond motifs is 2. The molecule has 1 amide bonds. The predicted molar refractivity (Wildman–Crippen MR) is 147 cm³/mol. The van der Waals surface area contributed by atoms with E-state index in [1.165, 1.54) is 34.7 Å². The second kappa shape index (κ2) is 11.4. The molecule has 2 heterocycles. The van der Waals surface area contributed by atoms with Gasteiger partial charge in [-0.3, -0.25) is 4.79 Å². The molecule has 3 aromatic rings. The zero-order valence-electron chi connectivity index (χ0n) is 22.3. The molecule has 5 rings (SSSR count). The van der Waals surface area contributed by atoms with E-state index in [2.05, 4.69) is 40.1 Å². The summed E-state index contributed by atoms with van der Waals surface area (Å²) in [7, 11) is 5.00. The first-order valence-corrected chi connectivity index (χ1v) is 13.4. The van der Waals surface area contributed by atoms with E-state index in [0.29, 0.717) is 18.1 Å². The molecule has 1 fully saturated rings. The first kappa shape index (κ1) is 25.4. The van der Waals surface area contributed by atoms with Crippen molar-refractivity contribution in [3.8, 4) is 17.2 Å². The lowest BCUT2D eigenvalue weighted by Gasteiger charge is -2.35. The molecule has 6 heteroatoms. The van der Waals surface area contributed by atoms with Crippen molar-refractivity contribution >= 4 is 16.7 Å². The number of amides is 1. The van der Waals surface area contributed by atoms with Gasteiger partial charge in [0.25, 0.3) is 0 Å². The van der Waals surface area contributed by atoms with Crippen LogP contribution in [0.1, 0.15) is 29.5 Å². The summed E-state index contributed by atoms with van der Waals surface area (Å²) in [4.78, 5) is 17.8. The molecule has 0 saturated carbocycles. The molecule has 196 valence electrons. The molecule has 0 aliphatic carbocycles. The van der Waals surface area contributed by atoms with E-state index in [-0.39, 0.29) is 5.91 Å². The van der Waals surface area contributed by atoms with Crippen LogP contribution in [0.15, 0.2) is 48.5 Å². The molecule has 2 aliphatic heterocycles. The fourth-order valence-electron chi connectivity index (χ4n) is 5.87. The Balaban J connectivity index is 1.17. The summed E-state index contributed by atoms with van der Waals surface area (Å²) in [6, 6.07) is 17.0. The fourth-order valence-corrected chi connectivity index (χ4v) is 5.87. The normalized spacial score (nSPS) is 18.4. The third-order valence-electron chi connectivity index (χ3n) is 7.96. The Hall–Kier alpha value is -3.25. The monoisotopic (exact) mass is 502 g/mol. The maximum Gasteiger partial charge on any atom is 0.227 e. The first-order valence-electron chi connectivity index (χ1n) is 13.4. The second-order valence-electron chi connectivity index (χ2n) is 10.3. The highest BCUT2D eigenvalue weighted by Gasteiger charge is 2.27. The molecular formula is C31H38N2O4. The Morgan fingerprint density at radius 3 is 2.41 bits per heavy atom. The predicted octanol–water partition coefficient (Wildman–Crippen LogP) is 4.75. The number of nitrogens with zero attached hydrogens (tertiary/aromatic N) is 2. The number of carbonyl (C=O) groups excluding carboxylic acids is 1. The van der Waals surface area contributed by atoms with Crippen molar-refractivity contribution in [2.45, 2.75) is 32.1 Å². The lowest BCUT2D eigenvalue weighted by atomic mass is 9.96. The van der Waals surface area contributed by atoms with E-state index in [1.807, 2.05) is 18.2 Å². The Labute approximate surface area is 220 Å².